The fraction of sp³-hybridized carbons (Fsp3) is 0.429. The summed E-state index contributed by atoms with van der Waals surface area (Å²) >= 11 is 0. The average Bonchev–Trinajstić information content (AvgIpc) is 2.81. The number of fused-ring (bicyclic) bond motifs is 4. The summed E-state index contributed by atoms with van der Waals surface area (Å²) in [4.78, 5) is 0. The first-order valence-electron chi connectivity index (χ1n) is 8.15. The van der Waals surface area contributed by atoms with Gasteiger partial charge in [-0.1, -0.05) is 64.1 Å². The molecule has 108 valence electrons. The van der Waals surface area contributed by atoms with Crippen LogP contribution in [0.3, 0.4) is 0 Å². The van der Waals surface area contributed by atoms with Crippen LogP contribution >= 0.6 is 0 Å². The molecule has 0 unspecified atom stereocenters. The molecule has 4 rings (SSSR count). The Labute approximate surface area is 128 Å². The van der Waals surface area contributed by atoms with Crippen molar-refractivity contribution in [2.45, 2.75) is 57.8 Å². The Bertz CT molecular complexity index is 732. The molecule has 0 bridgehead atoms. The Morgan fingerprint density at radius 1 is 0.714 bits per heavy atom. The Hall–Kier alpha value is -1.56. The molecule has 21 heavy (non-hydrogen) atoms. The zero-order chi connectivity index (χ0) is 14.8. The molecule has 2 aliphatic rings. The van der Waals surface area contributed by atoms with Crippen molar-refractivity contribution in [2.75, 3.05) is 0 Å². The first kappa shape index (κ1) is 13.1. The van der Waals surface area contributed by atoms with Crippen LogP contribution in [0.2, 0.25) is 0 Å². The molecule has 2 aliphatic carbocycles. The predicted octanol–water partition coefficient (Wildman–Crippen LogP) is 5.61. The zero-order valence-corrected chi connectivity index (χ0v) is 13.6. The Kier molecular flexibility index (Phi) is 2.50. The van der Waals surface area contributed by atoms with Crippen LogP contribution in [0, 0.1) is 0 Å². The van der Waals surface area contributed by atoms with E-state index in [-0.39, 0.29) is 0 Å². The summed E-state index contributed by atoms with van der Waals surface area (Å²) in [5.74, 6) is 0. The molecule has 2 aromatic carbocycles. The lowest BCUT2D eigenvalue weighted by Gasteiger charge is -2.42. The zero-order valence-electron chi connectivity index (χ0n) is 13.6. The summed E-state index contributed by atoms with van der Waals surface area (Å²) in [6.07, 6.45) is 3.68. The van der Waals surface area contributed by atoms with Crippen molar-refractivity contribution < 1.29 is 0 Å². The standard InChI is InChI=1S/C21H24/c1-20(2)9-10-21(3,4)19-13-17-15(12-18(19)20)11-14-7-5-6-8-16(14)17/h5-8,12-13H,9-11H2,1-4H3. The molecule has 0 heteroatoms. The first-order valence-corrected chi connectivity index (χ1v) is 8.15. The minimum Gasteiger partial charge on any atom is -0.0619 e. The van der Waals surface area contributed by atoms with E-state index in [2.05, 4.69) is 64.1 Å². The Morgan fingerprint density at radius 3 is 2.05 bits per heavy atom. The molecule has 0 fully saturated rings. The maximum atomic E-state index is 2.52. The van der Waals surface area contributed by atoms with Crippen LogP contribution in [0.5, 0.6) is 0 Å². The van der Waals surface area contributed by atoms with Gasteiger partial charge in [-0.15, -0.1) is 0 Å². The molecule has 0 amide bonds. The van der Waals surface area contributed by atoms with Gasteiger partial charge in [-0.05, 0) is 63.5 Å². The molecule has 0 aromatic heterocycles. The Balaban J connectivity index is 1.99. The van der Waals surface area contributed by atoms with E-state index in [1.54, 1.807) is 11.1 Å². The number of rotatable bonds is 0. The molecule has 0 saturated carbocycles. The highest BCUT2D eigenvalue weighted by Crippen LogP contribution is 2.49. The average molecular weight is 276 g/mol. The van der Waals surface area contributed by atoms with Crippen LogP contribution in [-0.2, 0) is 17.3 Å². The van der Waals surface area contributed by atoms with Crippen LogP contribution in [0.1, 0.15) is 62.8 Å². The molecule has 0 atom stereocenters. The smallest absolute Gasteiger partial charge is 0.00133 e. The summed E-state index contributed by atoms with van der Waals surface area (Å²) < 4.78 is 0. The molecule has 0 saturated heterocycles. The number of benzene rings is 2. The molecule has 0 heterocycles. The lowest BCUT2D eigenvalue weighted by Crippen LogP contribution is -2.34. The SMILES string of the molecule is CC1(C)CCC(C)(C)c2cc3c(cc21)Cc1ccccc1-3. The summed E-state index contributed by atoms with van der Waals surface area (Å²) in [5.41, 5.74) is 9.74. The maximum Gasteiger partial charge on any atom is -0.00133 e. The predicted molar refractivity (Wildman–Crippen MR) is 90.0 cm³/mol. The van der Waals surface area contributed by atoms with E-state index in [0.29, 0.717) is 10.8 Å². The quantitative estimate of drug-likeness (QED) is 0.501. The highest BCUT2D eigenvalue weighted by molar-refractivity contribution is 5.78. The van der Waals surface area contributed by atoms with Gasteiger partial charge in [-0.25, -0.2) is 0 Å². The van der Waals surface area contributed by atoms with Gasteiger partial charge in [0.15, 0.2) is 0 Å². The minimum absolute atomic E-state index is 0.303. The van der Waals surface area contributed by atoms with E-state index in [1.807, 2.05) is 0 Å². The Morgan fingerprint density at radius 2 is 1.33 bits per heavy atom. The topological polar surface area (TPSA) is 0 Å². The fourth-order valence-corrected chi connectivity index (χ4v) is 4.20. The van der Waals surface area contributed by atoms with Gasteiger partial charge in [0.1, 0.15) is 0 Å². The summed E-state index contributed by atoms with van der Waals surface area (Å²) in [6.45, 7) is 9.65. The molecule has 0 spiro atoms. The summed E-state index contributed by atoms with van der Waals surface area (Å²) in [7, 11) is 0. The van der Waals surface area contributed by atoms with Gasteiger partial charge in [0.05, 0.1) is 0 Å². The minimum atomic E-state index is 0.303. The van der Waals surface area contributed by atoms with E-state index in [4.69, 9.17) is 0 Å². The van der Waals surface area contributed by atoms with Crippen LogP contribution < -0.4 is 0 Å². The molecule has 0 nitrogen and oxygen atoms in total. The van der Waals surface area contributed by atoms with E-state index in [9.17, 15) is 0 Å². The van der Waals surface area contributed by atoms with Gasteiger partial charge in [-0.3, -0.25) is 0 Å². The van der Waals surface area contributed by atoms with Gasteiger partial charge in [-0.2, -0.15) is 0 Å². The van der Waals surface area contributed by atoms with Crippen molar-refractivity contribution in [1.29, 1.82) is 0 Å². The normalized spacial score (nSPS) is 20.6. The molecular weight excluding hydrogens is 252 g/mol. The third kappa shape index (κ3) is 1.81. The van der Waals surface area contributed by atoms with Crippen molar-refractivity contribution in [3.05, 3.63) is 58.7 Å². The number of hydrogen-bond acceptors (Lipinski definition) is 0. The second kappa shape index (κ2) is 4.00. The summed E-state index contributed by atoms with van der Waals surface area (Å²) in [6, 6.07) is 13.9. The third-order valence-electron chi connectivity index (χ3n) is 5.77. The van der Waals surface area contributed by atoms with Crippen molar-refractivity contribution in [2.24, 2.45) is 0 Å². The largest absolute Gasteiger partial charge is 0.0619 e. The van der Waals surface area contributed by atoms with Crippen molar-refractivity contribution in [3.8, 4) is 11.1 Å². The van der Waals surface area contributed by atoms with Gasteiger partial charge in [0, 0.05) is 0 Å². The fourth-order valence-electron chi connectivity index (χ4n) is 4.20. The van der Waals surface area contributed by atoms with Crippen LogP contribution in [0.4, 0.5) is 0 Å². The lowest BCUT2D eigenvalue weighted by molar-refractivity contribution is 0.332. The first-order chi connectivity index (χ1) is 9.88. The molecule has 0 N–H and O–H groups in total. The van der Waals surface area contributed by atoms with Crippen LogP contribution in [0.25, 0.3) is 11.1 Å². The van der Waals surface area contributed by atoms with E-state index >= 15 is 0 Å². The monoisotopic (exact) mass is 276 g/mol. The van der Waals surface area contributed by atoms with Gasteiger partial charge in [0.2, 0.25) is 0 Å². The highest BCUT2D eigenvalue weighted by atomic mass is 14.4. The van der Waals surface area contributed by atoms with Gasteiger partial charge in [0.25, 0.3) is 0 Å². The molecule has 2 aromatic rings. The van der Waals surface area contributed by atoms with E-state index < -0.39 is 0 Å². The van der Waals surface area contributed by atoms with Gasteiger partial charge < -0.3 is 0 Å². The van der Waals surface area contributed by atoms with Gasteiger partial charge >= 0.3 is 0 Å². The van der Waals surface area contributed by atoms with E-state index in [1.165, 1.54) is 35.1 Å². The van der Waals surface area contributed by atoms with E-state index in [0.717, 1.165) is 6.42 Å². The molecular formula is C21H24. The van der Waals surface area contributed by atoms with Crippen LogP contribution in [-0.4, -0.2) is 0 Å². The van der Waals surface area contributed by atoms with Crippen molar-refractivity contribution in [1.82, 2.24) is 0 Å². The maximum absolute atomic E-state index is 2.52. The molecule has 0 radical (unpaired) electrons. The third-order valence-corrected chi connectivity index (χ3v) is 5.77. The highest BCUT2D eigenvalue weighted by Gasteiger charge is 2.38. The van der Waals surface area contributed by atoms with Crippen LogP contribution in [0.15, 0.2) is 36.4 Å². The van der Waals surface area contributed by atoms with Crippen molar-refractivity contribution >= 4 is 0 Å². The number of hydrogen-bond donors (Lipinski definition) is 0. The van der Waals surface area contributed by atoms with Crippen molar-refractivity contribution in [3.63, 3.8) is 0 Å². The second-order valence-electron chi connectivity index (χ2n) is 8.16. The second-order valence-corrected chi connectivity index (χ2v) is 8.16. The lowest BCUT2D eigenvalue weighted by atomic mass is 9.62. The molecule has 0 aliphatic heterocycles. The summed E-state index contributed by atoms with van der Waals surface area (Å²) in [5, 5.41) is 0.